The number of anilines is 1. The van der Waals surface area contributed by atoms with Crippen molar-refractivity contribution in [2.24, 2.45) is 11.7 Å². The molecule has 3 N–H and O–H groups in total. The lowest BCUT2D eigenvalue weighted by Gasteiger charge is -2.37. The minimum atomic E-state index is -0.506. The number of imidazole rings is 1. The van der Waals surface area contributed by atoms with Crippen molar-refractivity contribution in [3.05, 3.63) is 51.9 Å². The number of piperidine rings is 1. The van der Waals surface area contributed by atoms with Crippen molar-refractivity contribution in [2.75, 3.05) is 18.4 Å². The largest absolute Gasteiger partial charge is 0.351 e. The predicted octanol–water partition coefficient (Wildman–Crippen LogP) is 4.23. The SMILES string of the molecule is NC(=O)N1Cc2nc(-c3ccc(Cl)c(Cl)c3)n(-c3ccnc(NC4CCCN(C(=O)C5CCC5)C4)n3)c2C1. The topological polar surface area (TPSA) is 122 Å². The van der Waals surface area contributed by atoms with Crippen LogP contribution in [-0.2, 0) is 17.9 Å². The minimum absolute atomic E-state index is 0.0661. The number of hydrogen-bond donors (Lipinski definition) is 2. The van der Waals surface area contributed by atoms with Crippen LogP contribution in [0.15, 0.2) is 30.5 Å². The van der Waals surface area contributed by atoms with Gasteiger partial charge in [-0.3, -0.25) is 9.36 Å². The summed E-state index contributed by atoms with van der Waals surface area (Å²) in [6.45, 7) is 2.08. The van der Waals surface area contributed by atoms with Gasteiger partial charge in [0.1, 0.15) is 11.6 Å². The van der Waals surface area contributed by atoms with Crippen LogP contribution in [0.4, 0.5) is 10.7 Å². The van der Waals surface area contributed by atoms with Crippen LogP contribution in [0.25, 0.3) is 17.2 Å². The Labute approximate surface area is 230 Å². The summed E-state index contributed by atoms with van der Waals surface area (Å²) in [6.07, 6.45) is 6.71. The molecule has 1 aromatic carbocycles. The van der Waals surface area contributed by atoms with Gasteiger partial charge in [0.15, 0.2) is 0 Å². The smallest absolute Gasteiger partial charge is 0.315 e. The Morgan fingerprint density at radius 2 is 1.84 bits per heavy atom. The highest BCUT2D eigenvalue weighted by atomic mass is 35.5. The van der Waals surface area contributed by atoms with E-state index in [-0.39, 0.29) is 17.9 Å². The van der Waals surface area contributed by atoms with E-state index in [1.54, 1.807) is 24.4 Å². The molecule has 12 heteroatoms. The summed E-state index contributed by atoms with van der Waals surface area (Å²) in [7, 11) is 0. The summed E-state index contributed by atoms with van der Waals surface area (Å²) in [6, 6.07) is 6.70. The van der Waals surface area contributed by atoms with E-state index in [1.807, 2.05) is 15.5 Å². The number of likely N-dealkylation sites (tertiary alicyclic amines) is 1. The van der Waals surface area contributed by atoms with Gasteiger partial charge in [-0.15, -0.1) is 0 Å². The van der Waals surface area contributed by atoms with Gasteiger partial charge in [0.05, 0.1) is 34.5 Å². The molecule has 1 aliphatic carbocycles. The first-order valence-corrected chi connectivity index (χ1v) is 13.6. The maximum Gasteiger partial charge on any atom is 0.315 e. The van der Waals surface area contributed by atoms with Crippen LogP contribution in [0.5, 0.6) is 0 Å². The maximum atomic E-state index is 12.8. The molecule has 0 bridgehead atoms. The number of carbonyl (C=O) groups excluding carboxylic acids is 2. The van der Waals surface area contributed by atoms with E-state index in [9.17, 15) is 9.59 Å². The Morgan fingerprint density at radius 1 is 1.00 bits per heavy atom. The van der Waals surface area contributed by atoms with Gasteiger partial charge >= 0.3 is 6.03 Å². The zero-order valence-corrected chi connectivity index (χ0v) is 22.3. The number of carbonyl (C=O) groups is 2. The lowest BCUT2D eigenvalue weighted by molar-refractivity contribution is -0.139. The molecule has 0 spiro atoms. The molecule has 3 aromatic rings. The molecule has 1 unspecified atom stereocenters. The average molecular weight is 555 g/mol. The van der Waals surface area contributed by atoms with Crippen molar-refractivity contribution < 1.29 is 9.59 Å². The number of benzene rings is 1. The van der Waals surface area contributed by atoms with E-state index in [1.165, 1.54) is 4.90 Å². The van der Waals surface area contributed by atoms with Crippen LogP contribution >= 0.6 is 23.2 Å². The van der Waals surface area contributed by atoms with Gasteiger partial charge in [-0.05, 0) is 49.9 Å². The lowest BCUT2D eigenvalue weighted by Crippen LogP contribution is -2.48. The van der Waals surface area contributed by atoms with Gasteiger partial charge < -0.3 is 20.9 Å². The zero-order chi connectivity index (χ0) is 26.4. The van der Waals surface area contributed by atoms with E-state index in [4.69, 9.17) is 38.9 Å². The second-order valence-electron chi connectivity index (χ2n) is 10.1. The fourth-order valence-corrected chi connectivity index (χ4v) is 5.67. The highest BCUT2D eigenvalue weighted by Crippen LogP contribution is 2.34. The lowest BCUT2D eigenvalue weighted by atomic mass is 9.84. The van der Waals surface area contributed by atoms with Crippen LogP contribution in [0.3, 0.4) is 0 Å². The quantitative estimate of drug-likeness (QED) is 0.486. The number of nitrogens with zero attached hydrogens (tertiary/aromatic N) is 6. The first-order valence-electron chi connectivity index (χ1n) is 12.9. The molecule has 38 heavy (non-hydrogen) atoms. The molecule has 1 saturated heterocycles. The molecular formula is C26H28Cl2N8O2. The van der Waals surface area contributed by atoms with Gasteiger partial charge in [-0.1, -0.05) is 29.6 Å². The number of primary amides is 1. The second kappa shape index (κ2) is 10.1. The average Bonchev–Trinajstić information content (AvgIpc) is 3.43. The number of aromatic nitrogens is 4. The van der Waals surface area contributed by atoms with Crippen molar-refractivity contribution in [2.45, 2.75) is 51.2 Å². The normalized spacial score (nSPS) is 19.3. The number of nitrogens with one attached hydrogen (secondary N) is 1. The summed E-state index contributed by atoms with van der Waals surface area (Å²) >= 11 is 12.5. The number of fused-ring (bicyclic) bond motifs is 1. The highest BCUT2D eigenvalue weighted by molar-refractivity contribution is 6.42. The van der Waals surface area contributed by atoms with Crippen molar-refractivity contribution in [3.8, 4) is 17.2 Å². The third-order valence-electron chi connectivity index (χ3n) is 7.62. The summed E-state index contributed by atoms with van der Waals surface area (Å²) in [5.74, 6) is 2.17. The van der Waals surface area contributed by atoms with Crippen LogP contribution in [0.1, 0.15) is 43.5 Å². The molecule has 2 aromatic heterocycles. The number of amides is 3. The zero-order valence-electron chi connectivity index (χ0n) is 20.7. The van der Waals surface area contributed by atoms with E-state index in [0.717, 1.165) is 55.6 Å². The molecule has 1 atom stereocenters. The molecule has 6 rings (SSSR count). The summed E-state index contributed by atoms with van der Waals surface area (Å²) in [5, 5.41) is 4.31. The van der Waals surface area contributed by atoms with Crippen LogP contribution in [0.2, 0.25) is 10.0 Å². The number of hydrogen-bond acceptors (Lipinski definition) is 6. The summed E-state index contributed by atoms with van der Waals surface area (Å²) in [5.41, 5.74) is 7.89. The van der Waals surface area contributed by atoms with Gasteiger partial charge in [0.25, 0.3) is 0 Å². The highest BCUT2D eigenvalue weighted by Gasteiger charge is 2.33. The number of rotatable bonds is 5. The third kappa shape index (κ3) is 4.67. The van der Waals surface area contributed by atoms with E-state index in [2.05, 4.69) is 10.3 Å². The van der Waals surface area contributed by atoms with Crippen molar-refractivity contribution in [3.63, 3.8) is 0 Å². The summed E-state index contributed by atoms with van der Waals surface area (Å²) in [4.78, 5) is 42.3. The summed E-state index contributed by atoms with van der Waals surface area (Å²) < 4.78 is 1.91. The standard InChI is InChI=1S/C26H28Cl2N8O2/c27-18-7-6-16(11-19(18)28)23-32-20-13-35(25(29)38)14-21(20)36(23)22-8-9-30-26(33-22)31-17-5-2-10-34(12-17)24(37)15-3-1-4-15/h6-9,11,15,17H,1-5,10,12-14H2,(H2,29,38)(H,30,31,33). The van der Waals surface area contributed by atoms with Crippen molar-refractivity contribution in [1.82, 2.24) is 29.3 Å². The first kappa shape index (κ1) is 24.9. The molecule has 198 valence electrons. The van der Waals surface area contributed by atoms with E-state index >= 15 is 0 Å². The molecule has 1 saturated carbocycles. The van der Waals surface area contributed by atoms with E-state index < -0.39 is 6.03 Å². The Balaban J connectivity index is 1.30. The molecule has 2 fully saturated rings. The van der Waals surface area contributed by atoms with Crippen molar-refractivity contribution in [1.29, 1.82) is 0 Å². The van der Waals surface area contributed by atoms with Gasteiger partial charge in [0, 0.05) is 36.8 Å². The first-order chi connectivity index (χ1) is 18.4. The van der Waals surface area contributed by atoms with Crippen LogP contribution in [-0.4, -0.2) is 60.4 Å². The fourth-order valence-electron chi connectivity index (χ4n) is 5.37. The number of halogens is 2. The molecular weight excluding hydrogens is 527 g/mol. The van der Waals surface area contributed by atoms with Crippen LogP contribution < -0.4 is 11.1 Å². The van der Waals surface area contributed by atoms with Crippen LogP contribution in [0, 0.1) is 5.92 Å². The van der Waals surface area contributed by atoms with Gasteiger partial charge in [-0.2, -0.15) is 4.98 Å². The van der Waals surface area contributed by atoms with Gasteiger partial charge in [0.2, 0.25) is 11.9 Å². The third-order valence-corrected chi connectivity index (χ3v) is 8.36. The second-order valence-corrected chi connectivity index (χ2v) is 10.9. The minimum Gasteiger partial charge on any atom is -0.351 e. The molecule has 3 amide bonds. The molecule has 10 nitrogen and oxygen atoms in total. The van der Waals surface area contributed by atoms with Gasteiger partial charge in [-0.25, -0.2) is 14.8 Å². The maximum absolute atomic E-state index is 12.8. The number of urea groups is 1. The Hall–Kier alpha value is -3.37. The van der Waals surface area contributed by atoms with Crippen molar-refractivity contribution >= 4 is 41.1 Å². The predicted molar refractivity (Wildman–Crippen MR) is 144 cm³/mol. The molecule has 0 radical (unpaired) electrons. The Bertz CT molecular complexity index is 1410. The Kier molecular flexibility index (Phi) is 6.61. The monoisotopic (exact) mass is 554 g/mol. The molecule has 2 aliphatic heterocycles. The van der Waals surface area contributed by atoms with E-state index in [0.29, 0.717) is 47.3 Å². The Morgan fingerprint density at radius 3 is 2.58 bits per heavy atom. The fraction of sp³-hybridized carbons (Fsp3) is 0.423. The number of nitrogens with two attached hydrogens (primary N) is 1. The molecule has 3 aliphatic rings. The molecule has 4 heterocycles.